The van der Waals surface area contributed by atoms with Crippen LogP contribution in [0.1, 0.15) is 34.0 Å². The lowest BCUT2D eigenvalue weighted by Crippen LogP contribution is -2.54. The Kier molecular flexibility index (Phi) is 7.78. The SMILES string of the molecule is CCc1ccc(C(=O)N2CCN(CC(=O)N3CCN(Cc4ccccc4C)CC3)CC2)cc1. The topological polar surface area (TPSA) is 47.1 Å². The van der Waals surface area contributed by atoms with Crippen LogP contribution in [0, 0.1) is 6.92 Å². The molecule has 0 bridgehead atoms. The molecular weight excluding hydrogens is 412 g/mol. The largest absolute Gasteiger partial charge is 0.339 e. The predicted molar refractivity (Wildman–Crippen MR) is 131 cm³/mol. The van der Waals surface area contributed by atoms with Gasteiger partial charge in [-0.2, -0.15) is 0 Å². The number of rotatable bonds is 6. The molecule has 2 aliphatic rings. The zero-order valence-electron chi connectivity index (χ0n) is 20.0. The van der Waals surface area contributed by atoms with Gasteiger partial charge in [-0.25, -0.2) is 0 Å². The fourth-order valence-corrected chi connectivity index (χ4v) is 4.65. The number of carbonyl (C=O) groups is 2. The van der Waals surface area contributed by atoms with Gasteiger partial charge in [-0.1, -0.05) is 43.3 Å². The molecule has 2 aliphatic heterocycles. The van der Waals surface area contributed by atoms with Crippen LogP contribution in [0.25, 0.3) is 0 Å². The molecular formula is C27H36N4O2. The van der Waals surface area contributed by atoms with Crippen LogP contribution in [0.3, 0.4) is 0 Å². The highest BCUT2D eigenvalue weighted by atomic mass is 16.2. The highest BCUT2D eigenvalue weighted by Gasteiger charge is 2.26. The maximum Gasteiger partial charge on any atom is 0.253 e. The van der Waals surface area contributed by atoms with E-state index in [1.165, 1.54) is 16.7 Å². The average Bonchev–Trinajstić information content (AvgIpc) is 2.86. The first-order valence-electron chi connectivity index (χ1n) is 12.2. The van der Waals surface area contributed by atoms with E-state index in [0.717, 1.165) is 57.8 Å². The van der Waals surface area contributed by atoms with Gasteiger partial charge in [0.05, 0.1) is 6.54 Å². The molecule has 2 aromatic rings. The first-order chi connectivity index (χ1) is 16.0. The van der Waals surface area contributed by atoms with E-state index in [0.29, 0.717) is 19.6 Å². The van der Waals surface area contributed by atoms with Crippen molar-refractivity contribution in [2.75, 3.05) is 58.9 Å². The molecule has 33 heavy (non-hydrogen) atoms. The molecule has 0 radical (unpaired) electrons. The van der Waals surface area contributed by atoms with Gasteiger partial charge in [0.15, 0.2) is 0 Å². The standard InChI is InChI=1S/C27H36N4O2/c1-3-23-8-10-24(11-9-23)27(33)31-18-14-29(15-19-31)21-26(32)30-16-12-28(13-17-30)20-25-7-5-4-6-22(25)2/h4-11H,3,12-21H2,1-2H3. The van der Waals surface area contributed by atoms with E-state index in [2.05, 4.69) is 47.9 Å². The molecule has 6 nitrogen and oxygen atoms in total. The number of piperazine rings is 2. The fourth-order valence-electron chi connectivity index (χ4n) is 4.65. The zero-order valence-corrected chi connectivity index (χ0v) is 20.0. The monoisotopic (exact) mass is 448 g/mol. The van der Waals surface area contributed by atoms with Crippen molar-refractivity contribution in [1.82, 2.24) is 19.6 Å². The van der Waals surface area contributed by atoms with E-state index in [1.807, 2.05) is 34.1 Å². The first kappa shape index (κ1) is 23.5. The summed E-state index contributed by atoms with van der Waals surface area (Å²) < 4.78 is 0. The van der Waals surface area contributed by atoms with Gasteiger partial charge in [0.25, 0.3) is 5.91 Å². The van der Waals surface area contributed by atoms with Crippen molar-refractivity contribution < 1.29 is 9.59 Å². The molecule has 0 atom stereocenters. The number of hydrogen-bond donors (Lipinski definition) is 0. The van der Waals surface area contributed by atoms with Crippen LogP contribution in [0.15, 0.2) is 48.5 Å². The van der Waals surface area contributed by atoms with Gasteiger partial charge in [0, 0.05) is 64.5 Å². The third kappa shape index (κ3) is 6.01. The molecule has 0 spiro atoms. The number of benzene rings is 2. The van der Waals surface area contributed by atoms with Crippen LogP contribution < -0.4 is 0 Å². The second-order valence-corrected chi connectivity index (χ2v) is 9.20. The lowest BCUT2D eigenvalue weighted by atomic mass is 10.1. The third-order valence-electron chi connectivity index (χ3n) is 7.01. The number of amides is 2. The summed E-state index contributed by atoms with van der Waals surface area (Å²) in [6.45, 7) is 11.9. The van der Waals surface area contributed by atoms with Gasteiger partial charge < -0.3 is 9.80 Å². The van der Waals surface area contributed by atoms with Crippen LogP contribution in [0.5, 0.6) is 0 Å². The Morgan fingerprint density at radius 1 is 0.758 bits per heavy atom. The predicted octanol–water partition coefficient (Wildman–Crippen LogP) is 2.66. The van der Waals surface area contributed by atoms with Crippen LogP contribution in [-0.2, 0) is 17.8 Å². The Morgan fingerprint density at radius 2 is 1.36 bits per heavy atom. The van der Waals surface area contributed by atoms with Gasteiger partial charge >= 0.3 is 0 Å². The van der Waals surface area contributed by atoms with Gasteiger partial charge in [-0.3, -0.25) is 19.4 Å². The van der Waals surface area contributed by atoms with Crippen LogP contribution >= 0.6 is 0 Å². The summed E-state index contributed by atoms with van der Waals surface area (Å²) in [4.78, 5) is 34.2. The number of hydrogen-bond acceptors (Lipinski definition) is 4. The lowest BCUT2D eigenvalue weighted by molar-refractivity contribution is -0.134. The van der Waals surface area contributed by atoms with Gasteiger partial charge in [-0.15, -0.1) is 0 Å². The Labute approximate surface area is 197 Å². The van der Waals surface area contributed by atoms with Gasteiger partial charge in [0.1, 0.15) is 0 Å². The second-order valence-electron chi connectivity index (χ2n) is 9.20. The van der Waals surface area contributed by atoms with Crippen molar-refractivity contribution >= 4 is 11.8 Å². The van der Waals surface area contributed by atoms with Crippen molar-refractivity contribution in [2.24, 2.45) is 0 Å². The quantitative estimate of drug-likeness (QED) is 0.682. The highest BCUT2D eigenvalue weighted by molar-refractivity contribution is 5.94. The van der Waals surface area contributed by atoms with Crippen molar-refractivity contribution in [3.05, 3.63) is 70.8 Å². The minimum Gasteiger partial charge on any atom is -0.339 e. The van der Waals surface area contributed by atoms with Gasteiger partial charge in [0.2, 0.25) is 5.91 Å². The summed E-state index contributed by atoms with van der Waals surface area (Å²) >= 11 is 0. The summed E-state index contributed by atoms with van der Waals surface area (Å²) in [5.41, 5.74) is 4.68. The molecule has 6 heteroatoms. The maximum atomic E-state index is 12.9. The molecule has 4 rings (SSSR count). The smallest absolute Gasteiger partial charge is 0.253 e. The molecule has 2 heterocycles. The average molecular weight is 449 g/mol. The molecule has 2 aromatic carbocycles. The molecule has 2 saturated heterocycles. The van der Waals surface area contributed by atoms with Crippen molar-refractivity contribution in [3.8, 4) is 0 Å². The maximum absolute atomic E-state index is 12.9. The molecule has 0 aromatic heterocycles. The molecule has 0 unspecified atom stereocenters. The Morgan fingerprint density at radius 3 is 2.00 bits per heavy atom. The summed E-state index contributed by atoms with van der Waals surface area (Å²) in [5, 5.41) is 0. The zero-order chi connectivity index (χ0) is 23.2. The number of nitrogens with zero attached hydrogens (tertiary/aromatic N) is 4. The van der Waals surface area contributed by atoms with Crippen LogP contribution in [0.4, 0.5) is 0 Å². The minimum atomic E-state index is 0.0911. The van der Waals surface area contributed by atoms with E-state index in [-0.39, 0.29) is 11.8 Å². The molecule has 176 valence electrons. The molecule has 2 fully saturated rings. The molecule has 0 aliphatic carbocycles. The van der Waals surface area contributed by atoms with E-state index >= 15 is 0 Å². The van der Waals surface area contributed by atoms with Crippen molar-refractivity contribution in [3.63, 3.8) is 0 Å². The molecule has 0 N–H and O–H groups in total. The van der Waals surface area contributed by atoms with Crippen molar-refractivity contribution in [2.45, 2.75) is 26.8 Å². The van der Waals surface area contributed by atoms with Gasteiger partial charge in [-0.05, 0) is 42.2 Å². The summed E-state index contributed by atoms with van der Waals surface area (Å²) in [7, 11) is 0. The lowest BCUT2D eigenvalue weighted by Gasteiger charge is -2.38. The minimum absolute atomic E-state index is 0.0911. The fraction of sp³-hybridized carbons (Fsp3) is 0.481. The van der Waals surface area contributed by atoms with E-state index in [1.54, 1.807) is 0 Å². The number of aryl methyl sites for hydroxylation is 2. The first-order valence-corrected chi connectivity index (χ1v) is 12.2. The Bertz CT molecular complexity index is 943. The number of carbonyl (C=O) groups excluding carboxylic acids is 2. The van der Waals surface area contributed by atoms with E-state index in [9.17, 15) is 9.59 Å². The van der Waals surface area contributed by atoms with E-state index < -0.39 is 0 Å². The molecule has 0 saturated carbocycles. The Balaban J connectivity index is 1.19. The Hall–Kier alpha value is -2.70. The summed E-state index contributed by atoms with van der Waals surface area (Å²) in [6.07, 6.45) is 0.975. The summed E-state index contributed by atoms with van der Waals surface area (Å²) in [5.74, 6) is 0.300. The summed E-state index contributed by atoms with van der Waals surface area (Å²) in [6, 6.07) is 16.4. The van der Waals surface area contributed by atoms with E-state index in [4.69, 9.17) is 0 Å². The third-order valence-corrected chi connectivity index (χ3v) is 7.01. The van der Waals surface area contributed by atoms with Crippen molar-refractivity contribution in [1.29, 1.82) is 0 Å². The van der Waals surface area contributed by atoms with Crippen LogP contribution in [0.2, 0.25) is 0 Å². The van der Waals surface area contributed by atoms with Crippen LogP contribution in [-0.4, -0.2) is 90.3 Å². The molecule has 2 amide bonds. The normalized spacial score (nSPS) is 17.9. The second kappa shape index (κ2) is 10.9. The highest BCUT2D eigenvalue weighted by Crippen LogP contribution is 2.14.